The Morgan fingerprint density at radius 1 is 1.05 bits per heavy atom. The van der Waals surface area contributed by atoms with Crippen molar-refractivity contribution in [2.45, 2.75) is 20.3 Å². The number of nitrogen functional groups attached to an aromatic ring is 1. The molecule has 0 aromatic heterocycles. The first-order valence-corrected chi connectivity index (χ1v) is 6.61. The quantitative estimate of drug-likeness (QED) is 0.796. The van der Waals surface area contributed by atoms with Crippen LogP contribution in [0.2, 0.25) is 0 Å². The van der Waals surface area contributed by atoms with Crippen molar-refractivity contribution in [1.82, 2.24) is 0 Å². The number of nitrogens with one attached hydrogen (secondary N) is 1. The van der Waals surface area contributed by atoms with Crippen LogP contribution in [-0.4, -0.2) is 6.61 Å². The Bertz CT molecular complexity index is 535. The summed E-state index contributed by atoms with van der Waals surface area (Å²) >= 11 is 0. The molecule has 0 aliphatic rings. The number of nitrogens with two attached hydrogens (primary N) is 1. The molecule has 3 nitrogen and oxygen atoms in total. The second kappa shape index (κ2) is 6.14. The predicted molar refractivity (Wildman–Crippen MR) is 81.1 cm³/mol. The van der Waals surface area contributed by atoms with Crippen LogP contribution in [0.25, 0.3) is 0 Å². The summed E-state index contributed by atoms with van der Waals surface area (Å²) in [6.45, 7) is 4.70. The molecule has 2 aromatic carbocycles. The van der Waals surface area contributed by atoms with Gasteiger partial charge in [-0.1, -0.05) is 25.1 Å². The van der Waals surface area contributed by atoms with Crippen LogP contribution in [0.15, 0.2) is 42.5 Å². The molecule has 0 radical (unpaired) electrons. The lowest BCUT2D eigenvalue weighted by Crippen LogP contribution is -2.01. The van der Waals surface area contributed by atoms with Gasteiger partial charge in [0, 0.05) is 5.69 Å². The van der Waals surface area contributed by atoms with Gasteiger partial charge in [-0.15, -0.1) is 0 Å². The first kappa shape index (κ1) is 13.3. The molecule has 0 atom stereocenters. The molecule has 0 amide bonds. The summed E-state index contributed by atoms with van der Waals surface area (Å²) in [4.78, 5) is 0. The number of para-hydroxylation sites is 1. The summed E-state index contributed by atoms with van der Waals surface area (Å²) in [6.07, 6.45) is 1.04. The van der Waals surface area contributed by atoms with Gasteiger partial charge < -0.3 is 15.8 Å². The van der Waals surface area contributed by atoms with Crippen LogP contribution in [-0.2, 0) is 6.42 Å². The molecule has 0 aliphatic carbocycles. The summed E-state index contributed by atoms with van der Waals surface area (Å²) < 4.78 is 5.49. The zero-order valence-electron chi connectivity index (χ0n) is 11.4. The van der Waals surface area contributed by atoms with Crippen molar-refractivity contribution in [2.24, 2.45) is 0 Å². The Morgan fingerprint density at radius 3 is 2.42 bits per heavy atom. The van der Waals surface area contributed by atoms with Gasteiger partial charge in [0.15, 0.2) is 0 Å². The molecule has 100 valence electrons. The van der Waals surface area contributed by atoms with E-state index in [1.54, 1.807) is 0 Å². The molecule has 2 rings (SSSR count). The minimum Gasteiger partial charge on any atom is -0.492 e. The fourth-order valence-corrected chi connectivity index (χ4v) is 1.91. The molecule has 3 N–H and O–H groups in total. The van der Waals surface area contributed by atoms with E-state index < -0.39 is 0 Å². The maximum absolute atomic E-state index is 6.09. The highest BCUT2D eigenvalue weighted by molar-refractivity contribution is 5.77. The number of rotatable bonds is 5. The molecule has 2 aromatic rings. The van der Waals surface area contributed by atoms with Crippen LogP contribution in [0.1, 0.15) is 19.4 Å². The highest BCUT2D eigenvalue weighted by Crippen LogP contribution is 2.31. The van der Waals surface area contributed by atoms with E-state index in [-0.39, 0.29) is 0 Å². The van der Waals surface area contributed by atoms with Gasteiger partial charge in [-0.3, -0.25) is 0 Å². The van der Waals surface area contributed by atoms with Gasteiger partial charge in [0.2, 0.25) is 0 Å². The van der Waals surface area contributed by atoms with Gasteiger partial charge in [0.05, 0.1) is 18.0 Å². The van der Waals surface area contributed by atoms with Crippen molar-refractivity contribution in [3.63, 3.8) is 0 Å². The Hall–Kier alpha value is -2.16. The number of hydrogen-bond donors (Lipinski definition) is 2. The first-order chi connectivity index (χ1) is 9.24. The van der Waals surface area contributed by atoms with Crippen molar-refractivity contribution in [2.75, 3.05) is 17.7 Å². The standard InChI is InChI=1S/C16H20N2O/c1-3-12-8-10-13(11-9-12)18-14-6-5-7-15(16(14)17)19-4-2/h5-11,18H,3-4,17H2,1-2H3. The predicted octanol–water partition coefficient (Wildman–Crippen LogP) is 3.97. The Morgan fingerprint density at radius 2 is 1.79 bits per heavy atom. The third-order valence-corrected chi connectivity index (χ3v) is 3.01. The molecule has 0 saturated carbocycles. The van der Waals surface area contributed by atoms with Crippen LogP contribution >= 0.6 is 0 Å². The van der Waals surface area contributed by atoms with Crippen LogP contribution in [0.3, 0.4) is 0 Å². The Labute approximate surface area is 114 Å². The fraction of sp³-hybridized carbons (Fsp3) is 0.250. The third kappa shape index (κ3) is 3.19. The van der Waals surface area contributed by atoms with E-state index in [1.807, 2.05) is 25.1 Å². The zero-order valence-corrected chi connectivity index (χ0v) is 11.4. The molecular formula is C16H20N2O. The van der Waals surface area contributed by atoms with Gasteiger partial charge in [0.25, 0.3) is 0 Å². The third-order valence-electron chi connectivity index (χ3n) is 3.01. The van der Waals surface area contributed by atoms with Gasteiger partial charge in [0.1, 0.15) is 5.75 Å². The summed E-state index contributed by atoms with van der Waals surface area (Å²) in [6, 6.07) is 14.1. The van der Waals surface area contributed by atoms with E-state index in [4.69, 9.17) is 10.5 Å². The summed E-state index contributed by atoms with van der Waals surface area (Å²) in [5.41, 5.74) is 9.95. The van der Waals surface area contributed by atoms with Gasteiger partial charge in [-0.25, -0.2) is 0 Å². The lowest BCUT2D eigenvalue weighted by molar-refractivity contribution is 0.342. The van der Waals surface area contributed by atoms with Crippen LogP contribution < -0.4 is 15.8 Å². The van der Waals surface area contributed by atoms with Gasteiger partial charge in [-0.05, 0) is 43.2 Å². The Balaban J connectivity index is 2.20. The van der Waals surface area contributed by atoms with Gasteiger partial charge in [-0.2, -0.15) is 0 Å². The monoisotopic (exact) mass is 256 g/mol. The number of hydrogen-bond acceptors (Lipinski definition) is 3. The molecule has 0 aliphatic heterocycles. The molecule has 19 heavy (non-hydrogen) atoms. The Kier molecular flexibility index (Phi) is 4.29. The van der Waals surface area contributed by atoms with E-state index >= 15 is 0 Å². The SMILES string of the molecule is CCOc1cccc(Nc2ccc(CC)cc2)c1N. The highest BCUT2D eigenvalue weighted by atomic mass is 16.5. The largest absolute Gasteiger partial charge is 0.492 e. The van der Waals surface area contributed by atoms with Crippen LogP contribution in [0.5, 0.6) is 5.75 Å². The van der Waals surface area contributed by atoms with E-state index in [2.05, 4.69) is 36.5 Å². The molecule has 0 saturated heterocycles. The maximum atomic E-state index is 6.09. The molecule has 0 spiro atoms. The van der Waals surface area contributed by atoms with Crippen LogP contribution in [0.4, 0.5) is 17.1 Å². The number of benzene rings is 2. The van der Waals surface area contributed by atoms with Crippen molar-refractivity contribution in [3.8, 4) is 5.75 Å². The van der Waals surface area contributed by atoms with Crippen molar-refractivity contribution < 1.29 is 4.74 Å². The lowest BCUT2D eigenvalue weighted by atomic mass is 10.1. The second-order valence-corrected chi connectivity index (χ2v) is 4.33. The highest BCUT2D eigenvalue weighted by Gasteiger charge is 2.05. The first-order valence-electron chi connectivity index (χ1n) is 6.61. The second-order valence-electron chi connectivity index (χ2n) is 4.33. The average Bonchev–Trinajstić information content (AvgIpc) is 2.44. The molecule has 0 heterocycles. The molecule has 0 unspecified atom stereocenters. The lowest BCUT2D eigenvalue weighted by Gasteiger charge is -2.13. The van der Waals surface area contributed by atoms with Gasteiger partial charge >= 0.3 is 0 Å². The van der Waals surface area contributed by atoms with Crippen molar-refractivity contribution in [3.05, 3.63) is 48.0 Å². The summed E-state index contributed by atoms with van der Waals surface area (Å²) in [5.74, 6) is 0.720. The van der Waals surface area contributed by atoms with E-state index in [0.717, 1.165) is 23.5 Å². The van der Waals surface area contributed by atoms with Crippen molar-refractivity contribution >= 4 is 17.1 Å². The molecule has 0 fully saturated rings. The van der Waals surface area contributed by atoms with E-state index in [9.17, 15) is 0 Å². The maximum Gasteiger partial charge on any atom is 0.144 e. The summed E-state index contributed by atoms with van der Waals surface area (Å²) in [5, 5.41) is 3.32. The number of aryl methyl sites for hydroxylation is 1. The van der Waals surface area contributed by atoms with E-state index in [1.165, 1.54) is 5.56 Å². The summed E-state index contributed by atoms with van der Waals surface area (Å²) in [7, 11) is 0. The topological polar surface area (TPSA) is 47.3 Å². The normalized spacial score (nSPS) is 10.2. The minimum atomic E-state index is 0.610. The van der Waals surface area contributed by atoms with Crippen LogP contribution in [0, 0.1) is 0 Å². The molecule has 0 bridgehead atoms. The fourth-order valence-electron chi connectivity index (χ4n) is 1.91. The number of anilines is 3. The smallest absolute Gasteiger partial charge is 0.144 e. The van der Waals surface area contributed by atoms with Crippen molar-refractivity contribution in [1.29, 1.82) is 0 Å². The average molecular weight is 256 g/mol. The zero-order chi connectivity index (χ0) is 13.7. The molecule has 3 heteroatoms. The molecular weight excluding hydrogens is 236 g/mol. The minimum absolute atomic E-state index is 0.610. The number of ether oxygens (including phenoxy) is 1. The van der Waals surface area contributed by atoms with E-state index in [0.29, 0.717) is 12.3 Å².